The number of nitrogens with zero attached hydrogens (tertiary/aromatic N) is 4. The highest BCUT2D eigenvalue weighted by atomic mass is 35.5. The monoisotopic (exact) mass is 459 g/mol. The summed E-state index contributed by atoms with van der Waals surface area (Å²) in [5.41, 5.74) is 3.65. The zero-order chi connectivity index (χ0) is 22.2. The third-order valence-corrected chi connectivity index (χ3v) is 6.33. The van der Waals surface area contributed by atoms with E-state index in [0.29, 0.717) is 21.4 Å². The Hall–Kier alpha value is -3.55. The number of carbonyl (C=O) groups excluding carboxylic acids is 1. The number of aryl methyl sites for hydroxylation is 2. The van der Waals surface area contributed by atoms with E-state index in [4.69, 9.17) is 16.6 Å². The van der Waals surface area contributed by atoms with Crippen molar-refractivity contribution in [1.29, 1.82) is 0 Å². The average Bonchev–Trinajstić information content (AvgIpc) is 3.39. The number of anilines is 1. The average molecular weight is 460 g/mol. The molecule has 0 aliphatic heterocycles. The Kier molecular flexibility index (Phi) is 5.20. The van der Waals surface area contributed by atoms with E-state index in [1.165, 1.54) is 11.3 Å². The van der Waals surface area contributed by atoms with Gasteiger partial charge in [0.1, 0.15) is 0 Å². The van der Waals surface area contributed by atoms with Crippen LogP contribution in [0.15, 0.2) is 67.0 Å². The molecule has 2 aromatic carbocycles. The van der Waals surface area contributed by atoms with E-state index in [1.807, 2.05) is 67.2 Å². The van der Waals surface area contributed by atoms with Crippen molar-refractivity contribution in [3.8, 4) is 22.0 Å². The largest absolute Gasteiger partial charge is 0.333 e. The number of nitrogens with one attached hydrogen (secondary N) is 1. The van der Waals surface area contributed by atoms with Crippen LogP contribution in [0.4, 0.5) is 5.13 Å². The first-order chi connectivity index (χ1) is 15.5. The van der Waals surface area contributed by atoms with Crippen LogP contribution < -0.4 is 5.32 Å². The van der Waals surface area contributed by atoms with Crippen LogP contribution in [-0.4, -0.2) is 25.4 Å². The van der Waals surface area contributed by atoms with Crippen LogP contribution >= 0.6 is 22.9 Å². The van der Waals surface area contributed by atoms with Gasteiger partial charge in [0.15, 0.2) is 11.0 Å². The fourth-order valence-electron chi connectivity index (χ4n) is 3.54. The van der Waals surface area contributed by atoms with Crippen LogP contribution in [0.3, 0.4) is 0 Å². The number of amides is 1. The first kappa shape index (κ1) is 20.4. The molecular weight excluding hydrogens is 442 g/mol. The maximum Gasteiger partial charge on any atom is 0.259 e. The molecule has 0 spiro atoms. The lowest BCUT2D eigenvalue weighted by Gasteiger charge is -2.07. The van der Waals surface area contributed by atoms with Gasteiger partial charge in [-0.1, -0.05) is 53.3 Å². The summed E-state index contributed by atoms with van der Waals surface area (Å²) in [5, 5.41) is 4.86. The molecule has 0 aliphatic carbocycles. The Morgan fingerprint density at radius 2 is 1.91 bits per heavy atom. The quantitative estimate of drug-likeness (QED) is 0.359. The fourth-order valence-corrected chi connectivity index (χ4v) is 4.74. The maximum atomic E-state index is 13.1. The minimum Gasteiger partial charge on any atom is -0.333 e. The molecule has 8 heteroatoms. The number of pyridine rings is 1. The summed E-state index contributed by atoms with van der Waals surface area (Å²) in [6.45, 7) is 1.82. The zero-order valence-electron chi connectivity index (χ0n) is 17.3. The molecule has 3 aromatic heterocycles. The van der Waals surface area contributed by atoms with Gasteiger partial charge >= 0.3 is 0 Å². The van der Waals surface area contributed by atoms with Crippen molar-refractivity contribution in [2.45, 2.75) is 6.92 Å². The molecule has 1 amide bonds. The first-order valence-corrected chi connectivity index (χ1v) is 11.1. The first-order valence-electron chi connectivity index (χ1n) is 9.92. The lowest BCUT2D eigenvalue weighted by Crippen LogP contribution is -2.14. The van der Waals surface area contributed by atoms with Gasteiger partial charge in [0.05, 0.1) is 27.3 Å². The van der Waals surface area contributed by atoms with E-state index in [0.717, 1.165) is 32.9 Å². The van der Waals surface area contributed by atoms with Gasteiger partial charge in [0, 0.05) is 35.4 Å². The standard InChI is InChI=1S/C24H18ClN5OS/c1-14-18(13-16-12-17(25)8-9-19(16)27-14)23(31)29-24-28-20(15-6-4-3-5-7-15)21(32-24)22-26-10-11-30(22)2/h3-13H,1-2H3,(H,28,29,31). The molecule has 5 rings (SSSR count). The molecule has 5 aromatic rings. The van der Waals surface area contributed by atoms with E-state index in [1.54, 1.807) is 18.3 Å². The SMILES string of the molecule is Cc1nc2ccc(Cl)cc2cc1C(=O)Nc1nc(-c2ccccc2)c(-c2nccn2C)s1. The third kappa shape index (κ3) is 3.77. The van der Waals surface area contributed by atoms with Crippen molar-refractivity contribution in [1.82, 2.24) is 19.5 Å². The van der Waals surface area contributed by atoms with Crippen molar-refractivity contribution in [2.24, 2.45) is 7.05 Å². The smallest absolute Gasteiger partial charge is 0.259 e. The Bertz CT molecular complexity index is 1460. The highest BCUT2D eigenvalue weighted by Gasteiger charge is 2.20. The Morgan fingerprint density at radius 3 is 2.66 bits per heavy atom. The second-order valence-electron chi connectivity index (χ2n) is 7.34. The number of hydrogen-bond acceptors (Lipinski definition) is 5. The number of imidazole rings is 1. The number of rotatable bonds is 4. The van der Waals surface area contributed by atoms with Crippen molar-refractivity contribution >= 4 is 44.9 Å². The molecular formula is C24H18ClN5OS. The van der Waals surface area contributed by atoms with Crippen LogP contribution in [0.25, 0.3) is 32.9 Å². The van der Waals surface area contributed by atoms with E-state index >= 15 is 0 Å². The van der Waals surface area contributed by atoms with E-state index in [-0.39, 0.29) is 5.91 Å². The molecule has 0 aliphatic rings. The number of carbonyl (C=O) groups is 1. The van der Waals surface area contributed by atoms with Gasteiger partial charge in [-0.15, -0.1) is 0 Å². The molecule has 3 heterocycles. The van der Waals surface area contributed by atoms with E-state index in [2.05, 4.69) is 15.3 Å². The van der Waals surface area contributed by atoms with Gasteiger partial charge in [0.25, 0.3) is 5.91 Å². The van der Waals surface area contributed by atoms with Crippen LogP contribution in [0.2, 0.25) is 5.02 Å². The Labute approximate surface area is 193 Å². The molecule has 0 saturated carbocycles. The number of fused-ring (bicyclic) bond motifs is 1. The number of thiazole rings is 1. The van der Waals surface area contributed by atoms with Crippen LogP contribution in [0.1, 0.15) is 16.1 Å². The highest BCUT2D eigenvalue weighted by Crippen LogP contribution is 2.38. The van der Waals surface area contributed by atoms with Gasteiger partial charge in [-0.3, -0.25) is 15.1 Å². The summed E-state index contributed by atoms with van der Waals surface area (Å²) in [5.74, 6) is 0.525. The van der Waals surface area contributed by atoms with Gasteiger partial charge in [-0.05, 0) is 31.2 Å². The molecule has 0 radical (unpaired) electrons. The van der Waals surface area contributed by atoms with E-state index < -0.39 is 0 Å². The summed E-state index contributed by atoms with van der Waals surface area (Å²) >= 11 is 7.51. The molecule has 0 fully saturated rings. The Morgan fingerprint density at radius 1 is 1.09 bits per heavy atom. The number of hydrogen-bond donors (Lipinski definition) is 1. The summed E-state index contributed by atoms with van der Waals surface area (Å²) < 4.78 is 1.94. The number of benzene rings is 2. The lowest BCUT2D eigenvalue weighted by atomic mass is 10.1. The second-order valence-corrected chi connectivity index (χ2v) is 8.77. The molecule has 32 heavy (non-hydrogen) atoms. The third-order valence-electron chi connectivity index (χ3n) is 5.13. The van der Waals surface area contributed by atoms with Gasteiger partial charge in [-0.25, -0.2) is 9.97 Å². The minimum absolute atomic E-state index is 0.267. The predicted octanol–water partition coefficient (Wildman–Crippen LogP) is 5.97. The van der Waals surface area contributed by atoms with Crippen LogP contribution in [-0.2, 0) is 7.05 Å². The number of aromatic nitrogens is 4. The Balaban J connectivity index is 1.54. The fraction of sp³-hybridized carbons (Fsp3) is 0.0833. The molecule has 158 valence electrons. The second kappa shape index (κ2) is 8.18. The van der Waals surface area contributed by atoms with E-state index in [9.17, 15) is 4.79 Å². The minimum atomic E-state index is -0.267. The molecule has 6 nitrogen and oxygen atoms in total. The van der Waals surface area contributed by atoms with Crippen molar-refractivity contribution in [3.63, 3.8) is 0 Å². The summed E-state index contributed by atoms with van der Waals surface area (Å²) in [6, 6.07) is 17.1. The van der Waals surface area contributed by atoms with Gasteiger partial charge in [-0.2, -0.15) is 0 Å². The normalized spacial score (nSPS) is 11.1. The van der Waals surface area contributed by atoms with Gasteiger partial charge in [0.2, 0.25) is 0 Å². The van der Waals surface area contributed by atoms with Gasteiger partial charge < -0.3 is 4.57 Å². The zero-order valence-corrected chi connectivity index (χ0v) is 18.9. The number of halogens is 1. The summed E-state index contributed by atoms with van der Waals surface area (Å²) in [6.07, 6.45) is 3.63. The topological polar surface area (TPSA) is 72.7 Å². The molecule has 0 unspecified atom stereocenters. The predicted molar refractivity (Wildman–Crippen MR) is 129 cm³/mol. The molecule has 0 bridgehead atoms. The van der Waals surface area contributed by atoms with Crippen molar-refractivity contribution < 1.29 is 4.79 Å². The highest BCUT2D eigenvalue weighted by molar-refractivity contribution is 7.19. The molecule has 0 atom stereocenters. The molecule has 0 saturated heterocycles. The lowest BCUT2D eigenvalue weighted by molar-refractivity contribution is 0.102. The summed E-state index contributed by atoms with van der Waals surface area (Å²) in [7, 11) is 1.93. The summed E-state index contributed by atoms with van der Waals surface area (Å²) in [4.78, 5) is 27.8. The molecule has 1 N–H and O–H groups in total. The van der Waals surface area contributed by atoms with Crippen LogP contribution in [0, 0.1) is 6.92 Å². The van der Waals surface area contributed by atoms with Crippen molar-refractivity contribution in [3.05, 3.63) is 83.3 Å². The van der Waals surface area contributed by atoms with Crippen molar-refractivity contribution in [2.75, 3.05) is 5.32 Å². The maximum absolute atomic E-state index is 13.1. The van der Waals surface area contributed by atoms with Crippen LogP contribution in [0.5, 0.6) is 0 Å².